The third kappa shape index (κ3) is 1.78. The highest BCUT2D eigenvalue weighted by atomic mass is 15.3. The molecule has 0 aromatic carbocycles. The summed E-state index contributed by atoms with van der Waals surface area (Å²) in [4.78, 5) is 13.8. The van der Waals surface area contributed by atoms with Gasteiger partial charge in [-0.2, -0.15) is 0 Å². The van der Waals surface area contributed by atoms with Crippen LogP contribution in [0.2, 0.25) is 0 Å². The van der Waals surface area contributed by atoms with E-state index in [-0.39, 0.29) is 0 Å². The van der Waals surface area contributed by atoms with Crippen LogP contribution < -0.4 is 4.90 Å². The zero-order chi connectivity index (χ0) is 11.0. The molecule has 0 radical (unpaired) electrons. The van der Waals surface area contributed by atoms with Crippen molar-refractivity contribution in [2.24, 2.45) is 0 Å². The molecule has 3 rings (SSSR count). The maximum absolute atomic E-state index is 4.72. The lowest BCUT2D eigenvalue weighted by molar-refractivity contribution is 0.309. The van der Waals surface area contributed by atoms with Gasteiger partial charge in [0.1, 0.15) is 0 Å². The molecule has 2 aliphatic heterocycles. The normalized spacial score (nSPS) is 21.2. The third-order valence-electron chi connectivity index (χ3n) is 3.50. The summed E-state index contributed by atoms with van der Waals surface area (Å²) in [5, 5.41) is 0. The molecule has 1 saturated heterocycles. The predicted molar refractivity (Wildman–Crippen MR) is 63.5 cm³/mol. The summed E-state index contributed by atoms with van der Waals surface area (Å²) in [5.41, 5.74) is 2.56. The molecule has 1 fully saturated rings. The Kier molecular flexibility index (Phi) is 2.52. The average Bonchev–Trinajstić information content (AvgIpc) is 2.82. The molecule has 4 nitrogen and oxygen atoms in total. The Balaban J connectivity index is 1.87. The Labute approximate surface area is 96.3 Å². The SMILES string of the molecule is CN1CCc2nc(N3CCCC3)ncc2C1. The van der Waals surface area contributed by atoms with Crippen molar-refractivity contribution in [3.8, 4) is 0 Å². The second-order valence-corrected chi connectivity index (χ2v) is 4.82. The van der Waals surface area contributed by atoms with E-state index >= 15 is 0 Å². The number of rotatable bonds is 1. The summed E-state index contributed by atoms with van der Waals surface area (Å²) in [7, 11) is 2.15. The minimum Gasteiger partial charge on any atom is -0.341 e. The zero-order valence-corrected chi connectivity index (χ0v) is 9.82. The van der Waals surface area contributed by atoms with Crippen molar-refractivity contribution in [2.45, 2.75) is 25.8 Å². The molecular formula is C12H18N4. The molecule has 3 heterocycles. The summed E-state index contributed by atoms with van der Waals surface area (Å²) < 4.78 is 0. The van der Waals surface area contributed by atoms with Gasteiger partial charge >= 0.3 is 0 Å². The van der Waals surface area contributed by atoms with Crippen LogP contribution in [0.3, 0.4) is 0 Å². The van der Waals surface area contributed by atoms with Crippen LogP contribution in [0.5, 0.6) is 0 Å². The van der Waals surface area contributed by atoms with E-state index in [1.165, 1.54) is 24.1 Å². The lowest BCUT2D eigenvalue weighted by atomic mass is 10.1. The first-order chi connectivity index (χ1) is 7.83. The van der Waals surface area contributed by atoms with E-state index in [1.807, 2.05) is 6.20 Å². The fourth-order valence-electron chi connectivity index (χ4n) is 2.52. The molecule has 86 valence electrons. The van der Waals surface area contributed by atoms with Gasteiger partial charge in [-0.05, 0) is 19.9 Å². The fraction of sp³-hybridized carbons (Fsp3) is 0.667. The zero-order valence-electron chi connectivity index (χ0n) is 9.82. The highest BCUT2D eigenvalue weighted by Gasteiger charge is 2.19. The molecule has 1 aromatic rings. The molecule has 0 unspecified atom stereocenters. The van der Waals surface area contributed by atoms with Gasteiger partial charge in [0.05, 0.1) is 5.69 Å². The Morgan fingerprint density at radius 3 is 2.81 bits per heavy atom. The van der Waals surface area contributed by atoms with Crippen molar-refractivity contribution in [3.63, 3.8) is 0 Å². The molecule has 0 spiro atoms. The van der Waals surface area contributed by atoms with Crippen LogP contribution >= 0.6 is 0 Å². The highest BCUT2D eigenvalue weighted by Crippen LogP contribution is 2.20. The highest BCUT2D eigenvalue weighted by molar-refractivity contribution is 5.35. The van der Waals surface area contributed by atoms with Gasteiger partial charge in [-0.1, -0.05) is 0 Å². The average molecular weight is 218 g/mol. The van der Waals surface area contributed by atoms with E-state index in [2.05, 4.69) is 21.8 Å². The fourth-order valence-corrected chi connectivity index (χ4v) is 2.52. The molecule has 0 aliphatic carbocycles. The van der Waals surface area contributed by atoms with Crippen molar-refractivity contribution in [1.29, 1.82) is 0 Å². The topological polar surface area (TPSA) is 32.3 Å². The van der Waals surface area contributed by atoms with Gasteiger partial charge in [0.2, 0.25) is 5.95 Å². The molecule has 0 N–H and O–H groups in total. The smallest absolute Gasteiger partial charge is 0.225 e. The Bertz CT molecular complexity index is 385. The minimum atomic E-state index is 0.945. The third-order valence-corrected chi connectivity index (χ3v) is 3.50. The van der Waals surface area contributed by atoms with Crippen LogP contribution in [0.4, 0.5) is 5.95 Å². The summed E-state index contributed by atoms with van der Waals surface area (Å²) in [5.74, 6) is 0.945. The molecule has 0 amide bonds. The first-order valence-corrected chi connectivity index (χ1v) is 6.11. The quantitative estimate of drug-likeness (QED) is 0.705. The second-order valence-electron chi connectivity index (χ2n) is 4.82. The van der Waals surface area contributed by atoms with E-state index in [9.17, 15) is 0 Å². The van der Waals surface area contributed by atoms with Crippen LogP contribution in [0.25, 0.3) is 0 Å². The van der Waals surface area contributed by atoms with Crippen LogP contribution in [0.1, 0.15) is 24.1 Å². The van der Waals surface area contributed by atoms with E-state index < -0.39 is 0 Å². The van der Waals surface area contributed by atoms with Crippen molar-refractivity contribution in [1.82, 2.24) is 14.9 Å². The Morgan fingerprint density at radius 2 is 2.00 bits per heavy atom. The maximum Gasteiger partial charge on any atom is 0.225 e. The van der Waals surface area contributed by atoms with E-state index in [4.69, 9.17) is 4.98 Å². The number of fused-ring (bicyclic) bond motifs is 1. The number of hydrogen-bond acceptors (Lipinski definition) is 4. The van der Waals surface area contributed by atoms with Crippen molar-refractivity contribution in [3.05, 3.63) is 17.5 Å². The molecule has 0 saturated carbocycles. The van der Waals surface area contributed by atoms with Crippen molar-refractivity contribution >= 4 is 5.95 Å². The first kappa shape index (κ1) is 10.0. The Hall–Kier alpha value is -1.16. The summed E-state index contributed by atoms with van der Waals surface area (Å²) in [6.45, 7) is 4.36. The summed E-state index contributed by atoms with van der Waals surface area (Å²) in [6, 6.07) is 0. The van der Waals surface area contributed by atoms with Crippen LogP contribution in [-0.2, 0) is 13.0 Å². The summed E-state index contributed by atoms with van der Waals surface area (Å²) in [6.07, 6.45) is 5.65. The molecule has 16 heavy (non-hydrogen) atoms. The minimum absolute atomic E-state index is 0.945. The van der Waals surface area contributed by atoms with Crippen LogP contribution in [0, 0.1) is 0 Å². The van der Waals surface area contributed by atoms with Gasteiger partial charge < -0.3 is 9.80 Å². The van der Waals surface area contributed by atoms with Crippen LogP contribution in [0.15, 0.2) is 6.20 Å². The molecule has 1 aromatic heterocycles. The first-order valence-electron chi connectivity index (χ1n) is 6.11. The van der Waals surface area contributed by atoms with E-state index in [0.29, 0.717) is 0 Å². The lowest BCUT2D eigenvalue weighted by Gasteiger charge is -2.25. The van der Waals surface area contributed by atoms with Gasteiger partial charge in [-0.15, -0.1) is 0 Å². The molecule has 2 aliphatic rings. The van der Waals surface area contributed by atoms with E-state index in [0.717, 1.165) is 38.5 Å². The predicted octanol–water partition coefficient (Wildman–Crippen LogP) is 1.06. The standard InChI is InChI=1S/C12H18N4/c1-15-7-4-11-10(9-15)8-13-12(14-11)16-5-2-3-6-16/h8H,2-7,9H2,1H3. The number of likely N-dealkylation sites (N-methyl/N-ethyl adjacent to an activating group) is 1. The van der Waals surface area contributed by atoms with Gasteiger partial charge in [0.15, 0.2) is 0 Å². The second kappa shape index (κ2) is 4.01. The largest absolute Gasteiger partial charge is 0.341 e. The number of aromatic nitrogens is 2. The van der Waals surface area contributed by atoms with E-state index in [1.54, 1.807) is 0 Å². The number of nitrogens with zero attached hydrogens (tertiary/aromatic N) is 4. The monoisotopic (exact) mass is 218 g/mol. The lowest BCUT2D eigenvalue weighted by Crippen LogP contribution is -2.29. The van der Waals surface area contributed by atoms with Gasteiger partial charge in [0, 0.05) is 44.4 Å². The summed E-state index contributed by atoms with van der Waals surface area (Å²) >= 11 is 0. The molecular weight excluding hydrogens is 200 g/mol. The molecule has 4 heteroatoms. The molecule has 0 atom stereocenters. The van der Waals surface area contributed by atoms with Crippen molar-refractivity contribution < 1.29 is 0 Å². The van der Waals surface area contributed by atoms with Crippen LogP contribution in [-0.4, -0.2) is 41.5 Å². The van der Waals surface area contributed by atoms with Gasteiger partial charge in [0.25, 0.3) is 0 Å². The maximum atomic E-state index is 4.72. The Morgan fingerprint density at radius 1 is 1.19 bits per heavy atom. The van der Waals surface area contributed by atoms with Gasteiger partial charge in [-0.3, -0.25) is 0 Å². The number of hydrogen-bond donors (Lipinski definition) is 0. The van der Waals surface area contributed by atoms with Crippen molar-refractivity contribution in [2.75, 3.05) is 31.6 Å². The molecule has 0 bridgehead atoms. The van der Waals surface area contributed by atoms with Gasteiger partial charge in [-0.25, -0.2) is 9.97 Å². The number of anilines is 1.